The third-order valence-corrected chi connectivity index (χ3v) is 3.45. The molecule has 0 spiro atoms. The van der Waals surface area contributed by atoms with E-state index in [0.717, 1.165) is 5.56 Å². The van der Waals surface area contributed by atoms with Crippen molar-refractivity contribution in [1.82, 2.24) is 0 Å². The number of hydrogen-bond acceptors (Lipinski definition) is 2. The Morgan fingerprint density at radius 3 is 2.00 bits per heavy atom. The zero-order chi connectivity index (χ0) is 12.4. The summed E-state index contributed by atoms with van der Waals surface area (Å²) in [6, 6.07) is 20.5. The zero-order valence-electron chi connectivity index (χ0n) is 9.69. The molecule has 18 heavy (non-hydrogen) atoms. The van der Waals surface area contributed by atoms with E-state index < -0.39 is 0 Å². The van der Waals surface area contributed by atoms with Crippen molar-refractivity contribution in [3.05, 3.63) is 71.8 Å². The summed E-state index contributed by atoms with van der Waals surface area (Å²) in [7, 11) is 0. The first kappa shape index (κ1) is 11.5. The van der Waals surface area contributed by atoms with Gasteiger partial charge in [-0.2, -0.15) is 0 Å². The van der Waals surface area contributed by atoms with E-state index in [9.17, 15) is 0 Å². The molecule has 1 heterocycles. The fourth-order valence-electron chi connectivity index (χ4n) is 2.18. The summed E-state index contributed by atoms with van der Waals surface area (Å²) in [6.07, 6.45) is -0.0372. The van der Waals surface area contributed by atoms with Crippen LogP contribution in [0, 0.1) is 0 Å². The van der Waals surface area contributed by atoms with Gasteiger partial charge in [0.15, 0.2) is 0 Å². The second-order valence-electron chi connectivity index (χ2n) is 4.20. The Bertz CT molecular complexity index is 553. The summed E-state index contributed by atoms with van der Waals surface area (Å²) in [5.41, 5.74) is 2.33. The molecule has 0 saturated carbocycles. The number of hydrogen-bond donors (Lipinski definition) is 0. The van der Waals surface area contributed by atoms with Crippen LogP contribution < -0.4 is 0 Å². The fourth-order valence-corrected chi connectivity index (χ4v) is 2.63. The van der Waals surface area contributed by atoms with Crippen LogP contribution in [-0.2, 0) is 4.74 Å². The molecule has 2 atom stereocenters. The van der Waals surface area contributed by atoms with Crippen LogP contribution in [0.15, 0.2) is 65.7 Å². The topological polar surface area (TPSA) is 21.6 Å². The molecule has 2 aromatic carbocycles. The molecule has 0 fully saturated rings. The Kier molecular flexibility index (Phi) is 3.18. The predicted molar refractivity (Wildman–Crippen MR) is 72.6 cm³/mol. The molecule has 2 aromatic rings. The monoisotopic (exact) mass is 302 g/mol. The Morgan fingerprint density at radius 1 is 0.833 bits per heavy atom. The van der Waals surface area contributed by atoms with E-state index in [0.29, 0.717) is 4.80 Å². The molecule has 0 amide bonds. The molecular weight excluding hydrogens is 289 g/mol. The first-order valence-electron chi connectivity index (χ1n) is 5.86. The average molecular weight is 301 g/mol. The van der Waals surface area contributed by atoms with Gasteiger partial charge in [-0.1, -0.05) is 0 Å². The van der Waals surface area contributed by atoms with Gasteiger partial charge < -0.3 is 0 Å². The predicted octanol–water partition coefficient (Wildman–Crippen LogP) is 3.02. The van der Waals surface area contributed by atoms with Crippen LogP contribution in [0.2, 0.25) is 0 Å². The van der Waals surface area contributed by atoms with Crippen LogP contribution in [0.1, 0.15) is 23.3 Å². The van der Waals surface area contributed by atoms with Gasteiger partial charge in [-0.15, -0.1) is 0 Å². The van der Waals surface area contributed by atoms with Gasteiger partial charge in [-0.25, -0.2) is 0 Å². The van der Waals surface area contributed by atoms with Gasteiger partial charge in [0.05, 0.1) is 0 Å². The van der Waals surface area contributed by atoms with Crippen molar-refractivity contribution < 1.29 is 4.74 Å². The third kappa shape index (κ3) is 2.20. The summed E-state index contributed by atoms with van der Waals surface area (Å²) >= 11 is 2.87. The van der Waals surface area contributed by atoms with Crippen LogP contribution in [0.25, 0.3) is 0 Å². The Hall–Kier alpha value is -1.57. The number of nitrogens with zero attached hydrogens (tertiary/aromatic N) is 1. The van der Waals surface area contributed by atoms with Gasteiger partial charge in [0, 0.05) is 0 Å². The number of benzene rings is 2. The number of ether oxygens (including phenoxy) is 1. The van der Waals surface area contributed by atoms with Gasteiger partial charge in [0.1, 0.15) is 0 Å². The maximum atomic E-state index is 5.81. The van der Waals surface area contributed by atoms with E-state index in [-0.39, 0.29) is 12.1 Å². The minimum atomic E-state index is -0.0372. The number of rotatable bonds is 2. The van der Waals surface area contributed by atoms with Crippen molar-refractivity contribution in [1.29, 1.82) is 0 Å². The number of aliphatic imine (C=N–C) groups is 1. The summed E-state index contributed by atoms with van der Waals surface area (Å²) in [5.74, 6) is 0. The summed E-state index contributed by atoms with van der Waals surface area (Å²) in [5, 5.41) is 0. The van der Waals surface area contributed by atoms with E-state index in [2.05, 4.69) is 45.3 Å². The van der Waals surface area contributed by atoms with E-state index in [4.69, 9.17) is 4.74 Å². The molecule has 0 aromatic heterocycles. The van der Waals surface area contributed by atoms with Crippen molar-refractivity contribution in [3.8, 4) is 0 Å². The molecule has 0 N–H and O–H groups in total. The van der Waals surface area contributed by atoms with Crippen molar-refractivity contribution >= 4 is 20.8 Å². The van der Waals surface area contributed by atoms with E-state index in [1.807, 2.05) is 36.4 Å². The molecule has 2 nitrogen and oxygen atoms in total. The van der Waals surface area contributed by atoms with Crippen LogP contribution in [0.4, 0.5) is 0 Å². The van der Waals surface area contributed by atoms with Gasteiger partial charge >= 0.3 is 114 Å². The Morgan fingerprint density at radius 2 is 1.39 bits per heavy atom. The van der Waals surface area contributed by atoms with Crippen LogP contribution >= 0.6 is 0 Å². The minimum absolute atomic E-state index is 0.0323. The average Bonchev–Trinajstić information content (AvgIpc) is 2.83. The zero-order valence-corrected chi connectivity index (χ0v) is 11.4. The molecule has 1 radical (unpaired) electrons. The maximum absolute atomic E-state index is 5.81. The summed E-state index contributed by atoms with van der Waals surface area (Å²) in [6.45, 7) is 0. The molecule has 0 saturated heterocycles. The van der Waals surface area contributed by atoms with E-state index >= 15 is 0 Å². The Labute approximate surface area is 115 Å². The van der Waals surface area contributed by atoms with Crippen molar-refractivity contribution in [2.24, 2.45) is 4.99 Å². The van der Waals surface area contributed by atoms with Crippen LogP contribution in [0.5, 0.6) is 0 Å². The first-order chi connectivity index (χ1) is 8.84. The summed E-state index contributed by atoms with van der Waals surface area (Å²) < 4.78 is 5.81. The van der Waals surface area contributed by atoms with Gasteiger partial charge in [-0.05, 0) is 0 Å². The molecule has 0 unspecified atom stereocenters. The standard InChI is InChI=1S/C15H12NOSe/c18-15-16-13(11-7-3-1-4-8-11)14(17-15)12-9-5-2-6-10-12/h1-10,13-14H/t13-,14+/m0/s1. The van der Waals surface area contributed by atoms with E-state index in [1.54, 1.807) is 0 Å². The molecule has 0 aliphatic carbocycles. The Balaban J connectivity index is 1.97. The fraction of sp³-hybridized carbons (Fsp3) is 0.133. The van der Waals surface area contributed by atoms with Crippen LogP contribution in [-0.4, -0.2) is 20.8 Å². The molecule has 0 bridgehead atoms. The molecular formula is C15H12NOSe. The second kappa shape index (κ2) is 4.97. The van der Waals surface area contributed by atoms with Crippen molar-refractivity contribution in [2.45, 2.75) is 12.1 Å². The van der Waals surface area contributed by atoms with Gasteiger partial charge in [-0.3, -0.25) is 0 Å². The normalized spacial score (nSPS) is 22.3. The molecule has 3 heteroatoms. The molecule has 3 rings (SSSR count). The van der Waals surface area contributed by atoms with Gasteiger partial charge in [0.25, 0.3) is 0 Å². The first-order valence-corrected chi connectivity index (χ1v) is 6.71. The molecule has 1 aliphatic heterocycles. The van der Waals surface area contributed by atoms with Crippen molar-refractivity contribution in [2.75, 3.05) is 0 Å². The van der Waals surface area contributed by atoms with Gasteiger partial charge in [0.2, 0.25) is 0 Å². The van der Waals surface area contributed by atoms with Crippen molar-refractivity contribution in [3.63, 3.8) is 0 Å². The van der Waals surface area contributed by atoms with E-state index in [1.165, 1.54) is 5.56 Å². The SMILES string of the molecule is [Se]C1=N[C@@H](c2ccccc2)[C@@H](c2ccccc2)O1. The summed E-state index contributed by atoms with van der Waals surface area (Å²) in [4.78, 5) is 5.19. The molecule has 89 valence electrons. The molecule has 1 aliphatic rings. The quantitative estimate of drug-likeness (QED) is 0.781. The van der Waals surface area contributed by atoms with Crippen LogP contribution in [0.3, 0.4) is 0 Å². The third-order valence-electron chi connectivity index (χ3n) is 3.03. The second-order valence-corrected chi connectivity index (χ2v) is 4.93.